The predicted molar refractivity (Wildman–Crippen MR) is 60.5 cm³/mol. The van der Waals surface area contributed by atoms with Gasteiger partial charge in [0.25, 0.3) is 0 Å². The smallest absolute Gasteiger partial charge is 0.303 e. The highest BCUT2D eigenvalue weighted by Crippen LogP contribution is 2.29. The lowest BCUT2D eigenvalue weighted by molar-refractivity contribution is 0.203. The van der Waals surface area contributed by atoms with Crippen LogP contribution in [0, 0.1) is 0 Å². The third-order valence-electron chi connectivity index (χ3n) is 3.73. The molecule has 0 saturated carbocycles. The van der Waals surface area contributed by atoms with Crippen molar-refractivity contribution in [3.63, 3.8) is 0 Å². The molecule has 0 aromatic heterocycles. The summed E-state index contributed by atoms with van der Waals surface area (Å²) < 4.78 is 33.6. The Labute approximate surface area is 96.6 Å². The van der Waals surface area contributed by atoms with E-state index in [-0.39, 0.29) is 5.75 Å². The Morgan fingerprint density at radius 1 is 1.25 bits per heavy atom. The summed E-state index contributed by atoms with van der Waals surface area (Å²) in [5.74, 6) is -0.357. The van der Waals surface area contributed by atoms with E-state index < -0.39 is 10.2 Å². The molecule has 2 heterocycles. The molecule has 2 saturated heterocycles. The van der Waals surface area contributed by atoms with Crippen LogP contribution in [-0.4, -0.2) is 62.7 Å². The highest BCUT2D eigenvalue weighted by molar-refractivity contribution is 7.86. The molecule has 4 nitrogen and oxygen atoms in total. The van der Waals surface area contributed by atoms with Gasteiger partial charge < -0.3 is 4.90 Å². The third kappa shape index (κ3) is 2.93. The molecular formula is C10H19FN2O2S. The van der Waals surface area contributed by atoms with E-state index in [1.807, 2.05) is 0 Å². The van der Waals surface area contributed by atoms with Gasteiger partial charge in [-0.2, -0.15) is 8.42 Å². The molecule has 0 aliphatic carbocycles. The molecule has 0 aromatic carbocycles. The Balaban J connectivity index is 1.98. The summed E-state index contributed by atoms with van der Waals surface area (Å²) >= 11 is 0. The van der Waals surface area contributed by atoms with Crippen molar-refractivity contribution in [2.45, 2.75) is 31.3 Å². The van der Waals surface area contributed by atoms with Crippen LogP contribution < -0.4 is 0 Å². The second-order valence-electron chi connectivity index (χ2n) is 4.92. The lowest BCUT2D eigenvalue weighted by Crippen LogP contribution is -2.40. The molecule has 2 aliphatic rings. The molecule has 94 valence electrons. The first-order valence-electron chi connectivity index (χ1n) is 5.82. The molecular weight excluding hydrogens is 231 g/mol. The molecule has 6 heteroatoms. The van der Waals surface area contributed by atoms with Crippen molar-refractivity contribution in [2.75, 3.05) is 32.4 Å². The van der Waals surface area contributed by atoms with Crippen LogP contribution in [0.1, 0.15) is 19.3 Å². The summed E-state index contributed by atoms with van der Waals surface area (Å²) in [7, 11) is -2.24. The number of nitrogens with zero attached hydrogens (tertiary/aromatic N) is 2. The fourth-order valence-electron chi connectivity index (χ4n) is 2.92. The Morgan fingerprint density at radius 3 is 2.62 bits per heavy atom. The summed E-state index contributed by atoms with van der Waals surface area (Å²) in [6.07, 6.45) is 3.31. The van der Waals surface area contributed by atoms with Crippen molar-refractivity contribution in [2.24, 2.45) is 0 Å². The average molecular weight is 250 g/mol. The van der Waals surface area contributed by atoms with Crippen LogP contribution in [0.25, 0.3) is 0 Å². The molecule has 2 atom stereocenters. The minimum atomic E-state index is -4.32. The molecule has 0 radical (unpaired) electrons. The maximum Gasteiger partial charge on any atom is 0.303 e. The SMILES string of the molecule is CN1CC[C@@H]2CC[C@H](C1)N2CCS(=O)(=O)F. The van der Waals surface area contributed by atoms with E-state index in [2.05, 4.69) is 16.8 Å². The van der Waals surface area contributed by atoms with E-state index in [0.717, 1.165) is 32.4 Å². The normalized spacial score (nSPS) is 32.9. The van der Waals surface area contributed by atoms with Gasteiger partial charge in [0.05, 0.1) is 5.75 Å². The van der Waals surface area contributed by atoms with Crippen LogP contribution in [0.15, 0.2) is 0 Å². The Morgan fingerprint density at radius 2 is 1.94 bits per heavy atom. The van der Waals surface area contributed by atoms with E-state index in [0.29, 0.717) is 18.6 Å². The highest BCUT2D eigenvalue weighted by Gasteiger charge is 2.36. The Bertz CT molecular complexity index is 347. The second kappa shape index (κ2) is 4.58. The average Bonchev–Trinajstić information content (AvgIpc) is 2.44. The van der Waals surface area contributed by atoms with Crippen molar-refractivity contribution in [1.29, 1.82) is 0 Å². The van der Waals surface area contributed by atoms with Gasteiger partial charge in [0.2, 0.25) is 0 Å². The summed E-state index contributed by atoms with van der Waals surface area (Å²) in [4.78, 5) is 4.47. The van der Waals surface area contributed by atoms with Crippen molar-refractivity contribution in [3.05, 3.63) is 0 Å². The second-order valence-corrected chi connectivity index (χ2v) is 6.40. The van der Waals surface area contributed by atoms with Gasteiger partial charge in [-0.25, -0.2) is 0 Å². The largest absolute Gasteiger partial charge is 0.305 e. The number of likely N-dealkylation sites (N-methyl/N-ethyl adjacent to an activating group) is 1. The zero-order valence-corrected chi connectivity index (χ0v) is 10.4. The first-order valence-corrected chi connectivity index (χ1v) is 7.37. The lowest BCUT2D eigenvalue weighted by Gasteiger charge is -2.27. The maximum absolute atomic E-state index is 12.5. The zero-order valence-electron chi connectivity index (χ0n) is 9.60. The van der Waals surface area contributed by atoms with Crippen LogP contribution >= 0.6 is 0 Å². The number of rotatable bonds is 3. The molecule has 0 N–H and O–H groups in total. The van der Waals surface area contributed by atoms with Gasteiger partial charge in [0, 0.05) is 25.2 Å². The fraction of sp³-hybridized carbons (Fsp3) is 1.00. The molecule has 0 amide bonds. The minimum Gasteiger partial charge on any atom is -0.305 e. The summed E-state index contributed by atoms with van der Waals surface area (Å²) in [5, 5.41) is 0. The maximum atomic E-state index is 12.5. The molecule has 2 aliphatic heterocycles. The number of likely N-dealkylation sites (tertiary alicyclic amines) is 1. The summed E-state index contributed by atoms with van der Waals surface area (Å²) in [5.41, 5.74) is 0. The standard InChI is InChI=1S/C10H19FN2O2S/c1-12-5-4-9-2-3-10(8-12)13(9)6-7-16(11,14)15/h9-10H,2-8H2,1H3/t9-,10+/m0/s1. The van der Waals surface area contributed by atoms with Crippen LogP contribution in [0.5, 0.6) is 0 Å². The van der Waals surface area contributed by atoms with E-state index in [1.54, 1.807) is 0 Å². The van der Waals surface area contributed by atoms with Gasteiger partial charge in [-0.3, -0.25) is 4.90 Å². The van der Waals surface area contributed by atoms with Gasteiger partial charge in [0.15, 0.2) is 0 Å². The van der Waals surface area contributed by atoms with Crippen LogP contribution in [0.2, 0.25) is 0 Å². The van der Waals surface area contributed by atoms with E-state index in [1.165, 1.54) is 0 Å². The molecule has 0 unspecified atom stereocenters. The van der Waals surface area contributed by atoms with E-state index in [4.69, 9.17) is 0 Å². The third-order valence-corrected chi connectivity index (χ3v) is 4.40. The topological polar surface area (TPSA) is 40.6 Å². The highest BCUT2D eigenvalue weighted by atomic mass is 32.3. The minimum absolute atomic E-state index is 0.349. The summed E-state index contributed by atoms with van der Waals surface area (Å²) in [6, 6.07) is 0.871. The number of hydrogen-bond acceptors (Lipinski definition) is 4. The number of halogens is 1. The van der Waals surface area contributed by atoms with Gasteiger partial charge in [-0.1, -0.05) is 0 Å². The fourth-order valence-corrected chi connectivity index (χ4v) is 3.35. The Kier molecular flexibility index (Phi) is 3.51. The summed E-state index contributed by atoms with van der Waals surface area (Å²) in [6.45, 7) is 2.38. The molecule has 2 bridgehead atoms. The van der Waals surface area contributed by atoms with Gasteiger partial charge in [0.1, 0.15) is 0 Å². The van der Waals surface area contributed by atoms with Crippen molar-refractivity contribution in [3.8, 4) is 0 Å². The van der Waals surface area contributed by atoms with Gasteiger partial charge in [-0.15, -0.1) is 3.89 Å². The quantitative estimate of drug-likeness (QED) is 0.682. The lowest BCUT2D eigenvalue weighted by atomic mass is 10.1. The van der Waals surface area contributed by atoms with Crippen molar-refractivity contribution >= 4 is 10.2 Å². The molecule has 0 aromatic rings. The monoisotopic (exact) mass is 250 g/mol. The van der Waals surface area contributed by atoms with E-state index >= 15 is 0 Å². The Hall–Kier alpha value is -0.200. The van der Waals surface area contributed by atoms with Gasteiger partial charge in [-0.05, 0) is 32.9 Å². The van der Waals surface area contributed by atoms with Gasteiger partial charge >= 0.3 is 10.2 Å². The number of fused-ring (bicyclic) bond motifs is 2. The molecule has 2 rings (SSSR count). The van der Waals surface area contributed by atoms with Crippen molar-refractivity contribution < 1.29 is 12.3 Å². The van der Waals surface area contributed by atoms with Crippen LogP contribution in [0.4, 0.5) is 3.89 Å². The van der Waals surface area contributed by atoms with Crippen LogP contribution in [0.3, 0.4) is 0 Å². The molecule has 0 spiro atoms. The van der Waals surface area contributed by atoms with E-state index in [9.17, 15) is 12.3 Å². The van der Waals surface area contributed by atoms with Crippen LogP contribution in [-0.2, 0) is 10.2 Å². The first kappa shape index (κ1) is 12.3. The number of hydrogen-bond donors (Lipinski definition) is 0. The molecule has 2 fully saturated rings. The van der Waals surface area contributed by atoms with Crippen molar-refractivity contribution in [1.82, 2.24) is 9.80 Å². The first-order chi connectivity index (χ1) is 7.46. The zero-order chi connectivity index (χ0) is 11.8. The molecule has 16 heavy (non-hydrogen) atoms. The predicted octanol–water partition coefficient (Wildman–Crippen LogP) is 0.454.